The molecule has 0 aliphatic heterocycles. The Morgan fingerprint density at radius 1 is 0.676 bits per heavy atom. The molecule has 0 saturated carbocycles. The summed E-state index contributed by atoms with van der Waals surface area (Å²) < 4.78 is 16.4. The highest BCUT2D eigenvalue weighted by atomic mass is 16.6. The molecule has 3 aromatic rings. The van der Waals surface area contributed by atoms with E-state index in [1.54, 1.807) is 103 Å². The lowest BCUT2D eigenvalue weighted by Gasteiger charge is -2.20. The van der Waals surface area contributed by atoms with E-state index in [4.69, 9.17) is 13.9 Å². The molecule has 9 heteroatoms. The average Bonchev–Trinajstić information content (AvgIpc) is 3.23. The van der Waals surface area contributed by atoms with E-state index in [0.29, 0.717) is 34.3 Å². The molecular formula is C28H32N4O5. The van der Waals surface area contributed by atoms with Gasteiger partial charge in [0, 0.05) is 0 Å². The quantitative estimate of drug-likeness (QED) is 0.338. The number of aliphatic imine (C=N–C) groups is 2. The maximum atomic E-state index is 12.1. The summed E-state index contributed by atoms with van der Waals surface area (Å²) in [6.07, 6.45) is 1.97. The number of furan rings is 1. The van der Waals surface area contributed by atoms with Gasteiger partial charge in [0.05, 0.1) is 35.2 Å². The second kappa shape index (κ2) is 11.6. The number of ether oxygens (including phenoxy) is 2. The molecule has 9 nitrogen and oxygen atoms in total. The predicted octanol–water partition coefficient (Wildman–Crippen LogP) is 7.47. The number of rotatable bonds is 6. The highest BCUT2D eigenvalue weighted by Gasteiger charge is 2.18. The molecule has 194 valence electrons. The smallest absolute Gasteiger partial charge is 0.412 e. The number of carbonyl (C=O) groups excluding carboxylic acids is 2. The molecule has 0 saturated heterocycles. The minimum absolute atomic E-state index is 0.494. The van der Waals surface area contributed by atoms with Gasteiger partial charge >= 0.3 is 12.2 Å². The van der Waals surface area contributed by atoms with Crippen LogP contribution in [0.4, 0.5) is 32.3 Å². The molecule has 0 aliphatic rings. The van der Waals surface area contributed by atoms with Gasteiger partial charge in [-0.3, -0.25) is 20.6 Å². The normalized spacial score (nSPS) is 12.1. The molecule has 0 spiro atoms. The fraction of sp³-hybridized carbons (Fsp3) is 0.286. The van der Waals surface area contributed by atoms with E-state index in [0.717, 1.165) is 0 Å². The standard InChI is InChI=1S/C28H32N4O5/c1-27(2,3)36-25(33)31-23-13-9-7-11-21(23)29-17-19-15-16-20(35-19)18-30-22-12-8-10-14-24(22)32-26(34)37-28(4,5)6/h7-18H,1-6H3,(H,31,33)(H,32,34). The molecule has 2 aromatic carbocycles. The van der Waals surface area contributed by atoms with Crippen molar-refractivity contribution in [3.8, 4) is 0 Å². The zero-order chi connectivity index (χ0) is 27.1. The zero-order valence-corrected chi connectivity index (χ0v) is 21.9. The Labute approximate surface area is 216 Å². The lowest BCUT2D eigenvalue weighted by atomic mass is 10.2. The number of hydrogen-bond donors (Lipinski definition) is 2. The summed E-state index contributed by atoms with van der Waals surface area (Å²) in [5.74, 6) is 0.988. The molecular weight excluding hydrogens is 472 g/mol. The highest BCUT2D eigenvalue weighted by molar-refractivity contribution is 5.92. The van der Waals surface area contributed by atoms with Crippen molar-refractivity contribution in [3.63, 3.8) is 0 Å². The van der Waals surface area contributed by atoms with E-state index in [1.807, 2.05) is 12.1 Å². The Hall–Kier alpha value is -4.40. The number of nitrogens with one attached hydrogen (secondary N) is 2. The van der Waals surface area contributed by atoms with Crippen molar-refractivity contribution in [1.82, 2.24) is 0 Å². The van der Waals surface area contributed by atoms with Crippen LogP contribution in [0.2, 0.25) is 0 Å². The molecule has 0 atom stereocenters. The van der Waals surface area contributed by atoms with Crippen molar-refractivity contribution in [2.24, 2.45) is 9.98 Å². The van der Waals surface area contributed by atoms with Crippen molar-refractivity contribution in [2.75, 3.05) is 10.6 Å². The third-order valence-corrected chi connectivity index (χ3v) is 4.39. The molecule has 0 bridgehead atoms. The van der Waals surface area contributed by atoms with Crippen molar-refractivity contribution >= 4 is 47.4 Å². The van der Waals surface area contributed by atoms with Gasteiger partial charge in [0.25, 0.3) is 0 Å². The van der Waals surface area contributed by atoms with Crippen LogP contribution in [0.3, 0.4) is 0 Å². The first-order valence-electron chi connectivity index (χ1n) is 11.7. The lowest BCUT2D eigenvalue weighted by Crippen LogP contribution is -2.27. The first-order valence-corrected chi connectivity index (χ1v) is 11.7. The second-order valence-corrected chi connectivity index (χ2v) is 10.0. The topological polar surface area (TPSA) is 115 Å². The number of benzene rings is 2. The average molecular weight is 505 g/mol. The van der Waals surface area contributed by atoms with Crippen molar-refractivity contribution in [3.05, 3.63) is 72.2 Å². The SMILES string of the molecule is CC(C)(C)OC(=O)Nc1ccccc1N=Cc1ccc(C=Nc2ccccc2NC(=O)OC(C)(C)C)o1. The van der Waals surface area contributed by atoms with E-state index < -0.39 is 23.4 Å². The third-order valence-electron chi connectivity index (χ3n) is 4.39. The first kappa shape index (κ1) is 27.2. The number of anilines is 2. The Morgan fingerprint density at radius 3 is 1.43 bits per heavy atom. The summed E-state index contributed by atoms with van der Waals surface area (Å²) in [5.41, 5.74) is 0.886. The fourth-order valence-electron chi connectivity index (χ4n) is 2.98. The Morgan fingerprint density at radius 2 is 1.05 bits per heavy atom. The summed E-state index contributed by atoms with van der Waals surface area (Å²) >= 11 is 0. The van der Waals surface area contributed by atoms with Crippen LogP contribution in [-0.2, 0) is 9.47 Å². The molecule has 0 radical (unpaired) electrons. The highest BCUT2D eigenvalue weighted by Crippen LogP contribution is 2.26. The first-order chi connectivity index (χ1) is 17.4. The van der Waals surface area contributed by atoms with E-state index in [2.05, 4.69) is 20.6 Å². The number of amides is 2. The number of hydrogen-bond acceptors (Lipinski definition) is 7. The van der Waals surface area contributed by atoms with Crippen LogP contribution in [0.15, 0.2) is 75.1 Å². The molecule has 3 rings (SSSR count). The van der Waals surface area contributed by atoms with Gasteiger partial charge in [-0.2, -0.15) is 0 Å². The van der Waals surface area contributed by atoms with Gasteiger partial charge in [0.15, 0.2) is 0 Å². The van der Waals surface area contributed by atoms with E-state index in [-0.39, 0.29) is 0 Å². The predicted molar refractivity (Wildman–Crippen MR) is 146 cm³/mol. The van der Waals surface area contributed by atoms with Crippen molar-refractivity contribution in [1.29, 1.82) is 0 Å². The number of para-hydroxylation sites is 4. The molecule has 0 fully saturated rings. The summed E-state index contributed by atoms with van der Waals surface area (Å²) in [7, 11) is 0. The van der Waals surface area contributed by atoms with Crippen molar-refractivity contribution in [2.45, 2.75) is 52.7 Å². The van der Waals surface area contributed by atoms with Crippen LogP contribution in [-0.4, -0.2) is 35.8 Å². The van der Waals surface area contributed by atoms with E-state index >= 15 is 0 Å². The third kappa shape index (κ3) is 9.29. The maximum absolute atomic E-state index is 12.1. The number of nitrogens with zero attached hydrogens (tertiary/aromatic N) is 2. The van der Waals surface area contributed by atoms with Crippen molar-refractivity contribution < 1.29 is 23.5 Å². The largest absolute Gasteiger partial charge is 0.454 e. The van der Waals surface area contributed by atoms with Gasteiger partial charge in [0.1, 0.15) is 22.7 Å². The van der Waals surface area contributed by atoms with Crippen LogP contribution in [0.5, 0.6) is 0 Å². The van der Waals surface area contributed by atoms with Crippen LogP contribution >= 0.6 is 0 Å². The minimum Gasteiger partial charge on any atom is -0.454 e. The fourth-order valence-corrected chi connectivity index (χ4v) is 2.98. The molecule has 2 N–H and O–H groups in total. The van der Waals surface area contributed by atoms with Gasteiger partial charge in [-0.05, 0) is 77.9 Å². The minimum atomic E-state index is -0.610. The number of carbonyl (C=O) groups is 2. The van der Waals surface area contributed by atoms with Gasteiger partial charge < -0.3 is 13.9 Å². The summed E-state index contributed by atoms with van der Waals surface area (Å²) in [6, 6.07) is 17.7. The molecule has 2 amide bonds. The Kier molecular flexibility index (Phi) is 8.49. The molecule has 1 aromatic heterocycles. The van der Waals surface area contributed by atoms with Crippen LogP contribution in [0, 0.1) is 0 Å². The summed E-state index contributed by atoms with van der Waals surface area (Å²) in [5, 5.41) is 5.43. The van der Waals surface area contributed by atoms with Gasteiger partial charge in [-0.15, -0.1) is 0 Å². The van der Waals surface area contributed by atoms with E-state index in [9.17, 15) is 9.59 Å². The van der Waals surface area contributed by atoms with Gasteiger partial charge in [-0.1, -0.05) is 24.3 Å². The summed E-state index contributed by atoms with van der Waals surface area (Å²) in [4.78, 5) is 33.2. The Bertz CT molecular complexity index is 1200. The van der Waals surface area contributed by atoms with Gasteiger partial charge in [-0.25, -0.2) is 9.59 Å². The zero-order valence-electron chi connectivity index (χ0n) is 21.9. The van der Waals surface area contributed by atoms with Crippen LogP contribution in [0.1, 0.15) is 53.1 Å². The maximum Gasteiger partial charge on any atom is 0.412 e. The van der Waals surface area contributed by atoms with E-state index in [1.165, 1.54) is 0 Å². The monoisotopic (exact) mass is 504 g/mol. The molecule has 37 heavy (non-hydrogen) atoms. The molecule has 1 heterocycles. The Balaban J connectivity index is 1.69. The summed E-state index contributed by atoms with van der Waals surface area (Å²) in [6.45, 7) is 10.8. The van der Waals surface area contributed by atoms with Crippen LogP contribution < -0.4 is 10.6 Å². The molecule has 0 aliphatic carbocycles. The second-order valence-electron chi connectivity index (χ2n) is 10.0. The lowest BCUT2D eigenvalue weighted by molar-refractivity contribution is 0.0624. The van der Waals surface area contributed by atoms with Gasteiger partial charge in [0.2, 0.25) is 0 Å². The molecule has 0 unspecified atom stereocenters. The van der Waals surface area contributed by atoms with Crippen LogP contribution in [0.25, 0.3) is 0 Å².